The summed E-state index contributed by atoms with van der Waals surface area (Å²) in [5, 5.41) is 18.3. The van der Waals surface area contributed by atoms with Gasteiger partial charge in [0, 0.05) is 6.42 Å². The van der Waals surface area contributed by atoms with Gasteiger partial charge < -0.3 is 19.7 Å². The second-order valence-electron chi connectivity index (χ2n) is 8.84. The predicted octanol–water partition coefficient (Wildman–Crippen LogP) is 7.19. The second kappa shape index (κ2) is 10.5. The first kappa shape index (κ1) is 24.6. The lowest BCUT2D eigenvalue weighted by atomic mass is 9.84. The maximum atomic E-state index is 11.2. The summed E-state index contributed by atoms with van der Waals surface area (Å²) in [7, 11) is 0. The van der Waals surface area contributed by atoms with Crippen molar-refractivity contribution in [2.24, 2.45) is 0 Å². The van der Waals surface area contributed by atoms with Crippen LogP contribution >= 0.6 is 0 Å². The molecule has 1 atom stereocenters. The van der Waals surface area contributed by atoms with Crippen molar-refractivity contribution in [1.82, 2.24) is 0 Å². The molecule has 6 heteroatoms. The fraction of sp³-hybridized carbons (Fsp3) is 0.0625. The van der Waals surface area contributed by atoms with E-state index in [1.165, 1.54) is 24.3 Å². The minimum atomic E-state index is -0.984. The third kappa shape index (κ3) is 5.34. The molecule has 1 aliphatic rings. The van der Waals surface area contributed by atoms with Crippen molar-refractivity contribution in [1.29, 1.82) is 0 Å². The lowest BCUT2D eigenvalue weighted by Gasteiger charge is -2.34. The van der Waals surface area contributed by atoms with Crippen LogP contribution in [-0.2, 0) is 5.60 Å². The van der Waals surface area contributed by atoms with Crippen LogP contribution in [0.2, 0.25) is 0 Å². The van der Waals surface area contributed by atoms with E-state index in [1.807, 2.05) is 66.7 Å². The molecular formula is C32H24O6. The summed E-state index contributed by atoms with van der Waals surface area (Å²) in [6.07, 6.45) is 6.72. The molecule has 0 heterocycles. The molecule has 0 saturated heterocycles. The molecule has 0 bridgehead atoms. The predicted molar refractivity (Wildman–Crippen MR) is 144 cm³/mol. The minimum Gasteiger partial charge on any atom is -0.478 e. The van der Waals surface area contributed by atoms with Gasteiger partial charge in [-0.1, -0.05) is 54.6 Å². The number of hydrogen-bond donors (Lipinski definition) is 2. The van der Waals surface area contributed by atoms with Gasteiger partial charge in [0.05, 0.1) is 11.1 Å². The average molecular weight is 505 g/mol. The van der Waals surface area contributed by atoms with Gasteiger partial charge in [-0.15, -0.1) is 0 Å². The molecule has 5 rings (SSSR count). The normalized spacial score (nSPS) is 16.4. The number of aromatic carboxylic acids is 2. The summed E-state index contributed by atoms with van der Waals surface area (Å²) in [4.78, 5) is 22.3. The number of allylic oxidation sites excluding steroid dienone is 2. The van der Waals surface area contributed by atoms with Crippen LogP contribution in [0.3, 0.4) is 0 Å². The Morgan fingerprint density at radius 3 is 1.89 bits per heavy atom. The van der Waals surface area contributed by atoms with Crippen LogP contribution in [0.15, 0.2) is 121 Å². The van der Waals surface area contributed by atoms with E-state index in [0.717, 1.165) is 16.7 Å². The van der Waals surface area contributed by atoms with E-state index in [4.69, 9.17) is 14.6 Å². The van der Waals surface area contributed by atoms with Crippen molar-refractivity contribution in [3.05, 3.63) is 144 Å². The number of benzene rings is 4. The maximum Gasteiger partial charge on any atom is 0.335 e. The third-order valence-electron chi connectivity index (χ3n) is 6.33. The molecule has 0 amide bonds. The number of carboxylic acids is 2. The molecule has 0 aromatic heterocycles. The minimum absolute atomic E-state index is 0.200. The quantitative estimate of drug-likeness (QED) is 0.264. The number of rotatable bonds is 8. The zero-order valence-corrected chi connectivity index (χ0v) is 20.3. The number of carboxylic acid groups (broad SMARTS) is 2. The lowest BCUT2D eigenvalue weighted by molar-refractivity contribution is 0.0686. The van der Waals surface area contributed by atoms with Gasteiger partial charge in [-0.2, -0.15) is 0 Å². The van der Waals surface area contributed by atoms with Gasteiger partial charge in [-0.25, -0.2) is 9.59 Å². The first-order valence-electron chi connectivity index (χ1n) is 12.0. The second-order valence-corrected chi connectivity index (χ2v) is 8.84. The molecule has 0 aliphatic heterocycles. The summed E-state index contributed by atoms with van der Waals surface area (Å²) in [6.45, 7) is 0. The highest BCUT2D eigenvalue weighted by Gasteiger charge is 2.33. The third-order valence-corrected chi connectivity index (χ3v) is 6.33. The fourth-order valence-electron chi connectivity index (χ4n) is 4.32. The average Bonchev–Trinajstić information content (AvgIpc) is 2.95. The van der Waals surface area contributed by atoms with E-state index in [-0.39, 0.29) is 11.1 Å². The molecule has 38 heavy (non-hydrogen) atoms. The standard InChI is InChI=1S/C32H24O6/c33-30(34)23-9-13-27(14-10-23)37-29-8-4-5-25(21-29)22-17-19-32(20-18-22,26-6-2-1-3-7-26)38-28-15-11-24(12-16-28)31(35)36/h1-19,21H,20H2,(H,33,34)(H,35,36). The molecule has 0 saturated carbocycles. The van der Waals surface area contributed by atoms with Crippen molar-refractivity contribution < 1.29 is 29.3 Å². The SMILES string of the molecule is O=C(O)c1ccc(Oc2cccc(C3=CCC(Oc4ccc(C(=O)O)cc4)(c4ccccc4)C=C3)c2)cc1. The Morgan fingerprint density at radius 1 is 0.684 bits per heavy atom. The topological polar surface area (TPSA) is 93.1 Å². The van der Waals surface area contributed by atoms with Crippen LogP contribution in [0.1, 0.15) is 38.3 Å². The summed E-state index contributed by atoms with van der Waals surface area (Å²) in [5.74, 6) is -0.213. The largest absolute Gasteiger partial charge is 0.478 e. The van der Waals surface area contributed by atoms with Crippen LogP contribution in [0.25, 0.3) is 5.57 Å². The van der Waals surface area contributed by atoms with Crippen LogP contribution < -0.4 is 9.47 Å². The highest BCUT2D eigenvalue weighted by atomic mass is 16.5. The van der Waals surface area contributed by atoms with E-state index >= 15 is 0 Å². The fourth-order valence-corrected chi connectivity index (χ4v) is 4.32. The molecule has 0 radical (unpaired) electrons. The number of hydrogen-bond acceptors (Lipinski definition) is 4. The van der Waals surface area contributed by atoms with Crippen molar-refractivity contribution in [2.75, 3.05) is 0 Å². The Balaban J connectivity index is 1.38. The Bertz CT molecular complexity index is 1520. The van der Waals surface area contributed by atoms with E-state index in [2.05, 4.69) is 6.08 Å². The summed E-state index contributed by atoms with van der Waals surface area (Å²) < 4.78 is 12.4. The van der Waals surface area contributed by atoms with Gasteiger partial charge in [0.15, 0.2) is 5.60 Å². The van der Waals surface area contributed by atoms with Crippen molar-refractivity contribution >= 4 is 17.5 Å². The highest BCUT2D eigenvalue weighted by Crippen LogP contribution is 2.39. The summed E-state index contributed by atoms with van der Waals surface area (Å²) >= 11 is 0. The molecule has 0 fully saturated rings. The lowest BCUT2D eigenvalue weighted by Crippen LogP contribution is -2.31. The van der Waals surface area contributed by atoms with Gasteiger partial charge in [-0.3, -0.25) is 0 Å². The van der Waals surface area contributed by atoms with Crippen LogP contribution in [-0.4, -0.2) is 22.2 Å². The van der Waals surface area contributed by atoms with Crippen LogP contribution in [0.5, 0.6) is 17.2 Å². The smallest absolute Gasteiger partial charge is 0.335 e. The van der Waals surface area contributed by atoms with Gasteiger partial charge in [0.25, 0.3) is 0 Å². The maximum absolute atomic E-state index is 11.2. The first-order chi connectivity index (χ1) is 18.4. The zero-order chi connectivity index (χ0) is 26.5. The monoisotopic (exact) mass is 504 g/mol. The van der Waals surface area contributed by atoms with E-state index in [1.54, 1.807) is 24.3 Å². The molecule has 4 aromatic rings. The van der Waals surface area contributed by atoms with Crippen LogP contribution in [0.4, 0.5) is 0 Å². The van der Waals surface area contributed by atoms with E-state index in [0.29, 0.717) is 23.7 Å². The molecular weight excluding hydrogens is 480 g/mol. The molecule has 1 unspecified atom stereocenters. The molecule has 1 aliphatic carbocycles. The molecule has 6 nitrogen and oxygen atoms in total. The molecule has 2 N–H and O–H groups in total. The van der Waals surface area contributed by atoms with Gasteiger partial charge in [-0.05, 0) is 83.4 Å². The van der Waals surface area contributed by atoms with Crippen molar-refractivity contribution in [3.63, 3.8) is 0 Å². The Labute approximate surface area is 219 Å². The molecule has 4 aromatic carbocycles. The Morgan fingerprint density at radius 2 is 1.32 bits per heavy atom. The first-order valence-corrected chi connectivity index (χ1v) is 12.0. The zero-order valence-electron chi connectivity index (χ0n) is 20.3. The number of carbonyl (C=O) groups is 2. The van der Waals surface area contributed by atoms with E-state index < -0.39 is 17.5 Å². The molecule has 0 spiro atoms. The summed E-state index contributed by atoms with van der Waals surface area (Å²) in [5.41, 5.74) is 2.60. The van der Waals surface area contributed by atoms with Gasteiger partial charge >= 0.3 is 11.9 Å². The van der Waals surface area contributed by atoms with E-state index in [9.17, 15) is 14.7 Å². The Hall–Kier alpha value is -5.10. The van der Waals surface area contributed by atoms with Crippen LogP contribution in [0, 0.1) is 0 Å². The van der Waals surface area contributed by atoms with Gasteiger partial charge in [0.1, 0.15) is 17.2 Å². The van der Waals surface area contributed by atoms with Crippen molar-refractivity contribution in [3.8, 4) is 17.2 Å². The highest BCUT2D eigenvalue weighted by molar-refractivity contribution is 5.88. The van der Waals surface area contributed by atoms with Crippen molar-refractivity contribution in [2.45, 2.75) is 12.0 Å². The molecule has 188 valence electrons. The van der Waals surface area contributed by atoms with Gasteiger partial charge in [0.2, 0.25) is 0 Å². The number of ether oxygens (including phenoxy) is 2. The Kier molecular flexibility index (Phi) is 6.78. The summed E-state index contributed by atoms with van der Waals surface area (Å²) in [6, 6.07) is 30.3.